The summed E-state index contributed by atoms with van der Waals surface area (Å²) < 4.78 is 0. The number of carbonyl (C=O) groups is 1. The molecule has 0 aromatic heterocycles. The Morgan fingerprint density at radius 1 is 1.25 bits per heavy atom. The number of rotatable bonds is 5. The van der Waals surface area contributed by atoms with Crippen LogP contribution in [0, 0.1) is 12.8 Å². The summed E-state index contributed by atoms with van der Waals surface area (Å²) in [6.07, 6.45) is 7.15. The third-order valence-electron chi connectivity index (χ3n) is 5.20. The molecule has 1 aromatic carbocycles. The van der Waals surface area contributed by atoms with Gasteiger partial charge in [-0.05, 0) is 56.0 Å². The van der Waals surface area contributed by atoms with Gasteiger partial charge >= 0.3 is 0 Å². The van der Waals surface area contributed by atoms with Crippen LogP contribution in [0.2, 0.25) is 0 Å². The van der Waals surface area contributed by atoms with Crippen LogP contribution < -0.4 is 10.2 Å². The molecule has 0 radical (unpaired) electrons. The van der Waals surface area contributed by atoms with Gasteiger partial charge in [0.2, 0.25) is 5.91 Å². The van der Waals surface area contributed by atoms with Crippen molar-refractivity contribution >= 4 is 17.3 Å². The molecule has 1 aromatic rings. The largest absolute Gasteiger partial charge is 0.369 e. The zero-order valence-corrected chi connectivity index (χ0v) is 14.9. The highest BCUT2D eigenvalue weighted by Crippen LogP contribution is 2.26. The molecular formula is C20H29N3O. The van der Waals surface area contributed by atoms with Gasteiger partial charge in [0.05, 0.1) is 0 Å². The summed E-state index contributed by atoms with van der Waals surface area (Å²) in [7, 11) is 0. The Hall–Kier alpha value is -1.81. The lowest BCUT2D eigenvalue weighted by Gasteiger charge is -2.36. The quantitative estimate of drug-likeness (QED) is 0.842. The van der Waals surface area contributed by atoms with Crippen molar-refractivity contribution in [3.05, 3.63) is 35.9 Å². The van der Waals surface area contributed by atoms with Crippen molar-refractivity contribution in [2.24, 2.45) is 5.92 Å². The maximum Gasteiger partial charge on any atom is 0.224 e. The van der Waals surface area contributed by atoms with Gasteiger partial charge in [0.1, 0.15) is 0 Å². The van der Waals surface area contributed by atoms with E-state index in [1.54, 1.807) is 0 Å². The van der Waals surface area contributed by atoms with Crippen LogP contribution in [0.15, 0.2) is 30.4 Å². The molecule has 1 aliphatic heterocycles. The predicted molar refractivity (Wildman–Crippen MR) is 101 cm³/mol. The van der Waals surface area contributed by atoms with E-state index in [2.05, 4.69) is 53.2 Å². The number of hydrogen-bond donors (Lipinski definition) is 1. The van der Waals surface area contributed by atoms with Gasteiger partial charge in [0, 0.05) is 44.0 Å². The molecule has 4 heteroatoms. The number of nitrogens with one attached hydrogen (secondary N) is 1. The lowest BCUT2D eigenvalue weighted by atomic mass is 10.0. The Morgan fingerprint density at radius 2 is 2.04 bits per heavy atom. The molecular weight excluding hydrogens is 298 g/mol. The van der Waals surface area contributed by atoms with Gasteiger partial charge < -0.3 is 15.1 Å². The second-order valence-corrected chi connectivity index (χ2v) is 6.94. The highest BCUT2D eigenvalue weighted by molar-refractivity contribution is 5.91. The van der Waals surface area contributed by atoms with E-state index in [1.165, 1.54) is 11.3 Å². The number of hydrogen-bond acceptors (Lipinski definition) is 3. The molecule has 24 heavy (non-hydrogen) atoms. The SMILES string of the molecule is CCN1CCN(c2ccc(NC(=O)C[C@H]3C=CCC3)cc2C)CC1. The fraction of sp³-hybridized carbons (Fsp3) is 0.550. The average molecular weight is 327 g/mol. The van der Waals surface area contributed by atoms with Gasteiger partial charge in [0.25, 0.3) is 0 Å². The van der Waals surface area contributed by atoms with Gasteiger partial charge in [-0.3, -0.25) is 4.79 Å². The monoisotopic (exact) mass is 327 g/mol. The number of amides is 1. The Bertz CT molecular complexity index is 603. The molecule has 0 unspecified atom stereocenters. The number of benzene rings is 1. The van der Waals surface area contributed by atoms with Crippen LogP contribution in [0.5, 0.6) is 0 Å². The van der Waals surface area contributed by atoms with Crippen molar-refractivity contribution in [3.63, 3.8) is 0 Å². The first-order valence-electron chi connectivity index (χ1n) is 9.20. The number of carbonyl (C=O) groups excluding carboxylic acids is 1. The van der Waals surface area contributed by atoms with Gasteiger partial charge in [-0.1, -0.05) is 19.1 Å². The van der Waals surface area contributed by atoms with Crippen LogP contribution in [-0.4, -0.2) is 43.5 Å². The summed E-state index contributed by atoms with van der Waals surface area (Å²) in [4.78, 5) is 17.1. The molecule has 1 N–H and O–H groups in total. The lowest BCUT2D eigenvalue weighted by molar-refractivity contribution is -0.116. The molecule has 1 heterocycles. The molecule has 130 valence electrons. The molecule has 2 aliphatic rings. The molecule has 1 atom stereocenters. The zero-order valence-electron chi connectivity index (χ0n) is 14.9. The first-order chi connectivity index (χ1) is 11.7. The lowest BCUT2D eigenvalue weighted by Crippen LogP contribution is -2.46. The van der Waals surface area contributed by atoms with Gasteiger partial charge in [0.15, 0.2) is 0 Å². The normalized spacial score (nSPS) is 21.2. The first kappa shape index (κ1) is 17.0. The molecule has 1 amide bonds. The fourth-order valence-electron chi connectivity index (χ4n) is 3.71. The second-order valence-electron chi connectivity index (χ2n) is 6.94. The predicted octanol–water partition coefficient (Wildman–Crippen LogP) is 3.43. The van der Waals surface area contributed by atoms with Crippen molar-refractivity contribution in [1.29, 1.82) is 0 Å². The van der Waals surface area contributed by atoms with Crippen molar-refractivity contribution in [1.82, 2.24) is 4.90 Å². The number of anilines is 2. The van der Waals surface area contributed by atoms with Crippen LogP contribution in [0.4, 0.5) is 11.4 Å². The Kier molecular flexibility index (Phi) is 5.56. The Balaban J connectivity index is 1.58. The van der Waals surface area contributed by atoms with Gasteiger partial charge in [-0.15, -0.1) is 0 Å². The maximum absolute atomic E-state index is 12.2. The van der Waals surface area contributed by atoms with Crippen molar-refractivity contribution in [3.8, 4) is 0 Å². The minimum Gasteiger partial charge on any atom is -0.369 e. The number of nitrogens with zero attached hydrogens (tertiary/aromatic N) is 2. The molecule has 0 bridgehead atoms. The van der Waals surface area contributed by atoms with Gasteiger partial charge in [-0.2, -0.15) is 0 Å². The fourth-order valence-corrected chi connectivity index (χ4v) is 3.71. The topological polar surface area (TPSA) is 35.6 Å². The van der Waals surface area contributed by atoms with Crippen molar-refractivity contribution in [2.45, 2.75) is 33.1 Å². The highest BCUT2D eigenvalue weighted by Gasteiger charge is 2.18. The van der Waals surface area contributed by atoms with Crippen LogP contribution in [-0.2, 0) is 4.79 Å². The van der Waals surface area contributed by atoms with Crippen LogP contribution in [0.25, 0.3) is 0 Å². The minimum absolute atomic E-state index is 0.121. The highest BCUT2D eigenvalue weighted by atomic mass is 16.1. The standard InChI is InChI=1S/C20H29N3O/c1-3-22-10-12-23(13-11-22)19-9-8-18(14-16(19)2)21-20(24)15-17-6-4-5-7-17/h4,6,8-9,14,17H,3,5,7,10-13,15H2,1-2H3,(H,21,24)/t17-/m0/s1. The Labute approximate surface area is 145 Å². The third-order valence-corrected chi connectivity index (χ3v) is 5.20. The van der Waals surface area contributed by atoms with Crippen molar-refractivity contribution in [2.75, 3.05) is 42.9 Å². The van der Waals surface area contributed by atoms with E-state index in [0.717, 1.165) is 51.3 Å². The van der Waals surface area contributed by atoms with Crippen LogP contribution in [0.3, 0.4) is 0 Å². The molecule has 0 spiro atoms. The summed E-state index contributed by atoms with van der Waals surface area (Å²) in [5.41, 5.74) is 3.44. The number of piperazine rings is 1. The van der Waals surface area contributed by atoms with E-state index in [4.69, 9.17) is 0 Å². The van der Waals surface area contributed by atoms with E-state index in [-0.39, 0.29) is 5.91 Å². The molecule has 1 aliphatic carbocycles. The average Bonchev–Trinajstić information content (AvgIpc) is 3.08. The number of aryl methyl sites for hydroxylation is 1. The van der Waals surface area contributed by atoms with Crippen LogP contribution in [0.1, 0.15) is 31.7 Å². The van der Waals surface area contributed by atoms with Crippen molar-refractivity contribution < 1.29 is 4.79 Å². The number of allylic oxidation sites excluding steroid dienone is 2. The van der Waals surface area contributed by atoms with Gasteiger partial charge in [-0.25, -0.2) is 0 Å². The zero-order chi connectivity index (χ0) is 16.9. The summed E-state index contributed by atoms with van der Waals surface area (Å²) in [6, 6.07) is 6.29. The summed E-state index contributed by atoms with van der Waals surface area (Å²) in [5.74, 6) is 0.537. The van der Waals surface area contributed by atoms with E-state index >= 15 is 0 Å². The van der Waals surface area contributed by atoms with E-state index < -0.39 is 0 Å². The third kappa shape index (κ3) is 4.18. The molecule has 1 fully saturated rings. The second kappa shape index (κ2) is 7.84. The molecule has 0 saturated carbocycles. The summed E-state index contributed by atoms with van der Waals surface area (Å²) in [6.45, 7) is 9.90. The minimum atomic E-state index is 0.121. The van der Waals surface area contributed by atoms with E-state index in [1.807, 2.05) is 6.07 Å². The van der Waals surface area contributed by atoms with Crippen LogP contribution >= 0.6 is 0 Å². The summed E-state index contributed by atoms with van der Waals surface area (Å²) in [5, 5.41) is 3.06. The van der Waals surface area contributed by atoms with E-state index in [9.17, 15) is 4.79 Å². The maximum atomic E-state index is 12.2. The smallest absolute Gasteiger partial charge is 0.224 e. The molecule has 4 nitrogen and oxygen atoms in total. The Morgan fingerprint density at radius 3 is 2.67 bits per heavy atom. The summed E-state index contributed by atoms with van der Waals surface area (Å²) >= 11 is 0. The van der Waals surface area contributed by atoms with E-state index in [0.29, 0.717) is 12.3 Å². The number of likely N-dealkylation sites (N-methyl/N-ethyl adjacent to an activating group) is 1. The molecule has 1 saturated heterocycles. The first-order valence-corrected chi connectivity index (χ1v) is 9.20. The molecule has 3 rings (SSSR count).